The molecule has 1 fully saturated rings. The fraction of sp³-hybridized carbons (Fsp3) is 0.290. The average molecular weight is 636 g/mol. The predicted molar refractivity (Wildman–Crippen MR) is 165 cm³/mol. The number of hydrogen-bond acceptors (Lipinski definition) is 6. The van der Waals surface area contributed by atoms with Gasteiger partial charge in [-0.1, -0.05) is 41.9 Å². The largest absolute Gasteiger partial charge is 0.465 e. The number of hydrogen-bond donors (Lipinski definition) is 1. The van der Waals surface area contributed by atoms with E-state index >= 15 is 0 Å². The molecule has 11 nitrogen and oxygen atoms in total. The second-order valence-electron chi connectivity index (χ2n) is 11.0. The van der Waals surface area contributed by atoms with Crippen LogP contribution in [0.15, 0.2) is 77.8 Å². The Bertz CT molecular complexity index is 1870. The maximum atomic E-state index is 14.1. The second-order valence-corrected chi connectivity index (χ2v) is 13.5. The van der Waals surface area contributed by atoms with Gasteiger partial charge in [-0.05, 0) is 66.9 Å². The van der Waals surface area contributed by atoms with Crippen LogP contribution in [0.3, 0.4) is 0 Å². The normalized spacial score (nSPS) is 16.3. The minimum atomic E-state index is -4.14. The van der Waals surface area contributed by atoms with Gasteiger partial charge in [0.2, 0.25) is 5.91 Å². The molecule has 3 heterocycles. The predicted octanol–water partition coefficient (Wildman–Crippen LogP) is 4.80. The third-order valence-electron chi connectivity index (χ3n) is 8.34. The summed E-state index contributed by atoms with van der Waals surface area (Å²) >= 11 is 6.08. The van der Waals surface area contributed by atoms with Crippen LogP contribution in [0.1, 0.15) is 24.4 Å². The van der Waals surface area contributed by atoms with Crippen molar-refractivity contribution in [1.29, 1.82) is 0 Å². The highest BCUT2D eigenvalue weighted by Crippen LogP contribution is 2.29. The van der Waals surface area contributed by atoms with E-state index in [1.54, 1.807) is 65.1 Å². The van der Waals surface area contributed by atoms with Crippen LogP contribution in [-0.4, -0.2) is 81.8 Å². The number of piperidine rings is 1. The Morgan fingerprint density at radius 3 is 2.41 bits per heavy atom. The number of nitrogens with zero attached hydrogens (tertiary/aromatic N) is 5. The average Bonchev–Trinajstić information content (AvgIpc) is 3.55. The molecule has 1 atom stereocenters. The number of benzene rings is 3. The molecule has 3 aromatic carbocycles. The molecule has 44 heavy (non-hydrogen) atoms. The summed E-state index contributed by atoms with van der Waals surface area (Å²) < 4.78 is 29.2. The topological polar surface area (TPSA) is 133 Å². The summed E-state index contributed by atoms with van der Waals surface area (Å²) in [6.07, 6.45) is 1.19. The third-order valence-corrected chi connectivity index (χ3v) is 10.3. The molecule has 1 saturated heterocycles. The summed E-state index contributed by atoms with van der Waals surface area (Å²) in [5.41, 5.74) is 0.998. The van der Waals surface area contributed by atoms with Crippen molar-refractivity contribution < 1.29 is 27.9 Å². The van der Waals surface area contributed by atoms with Gasteiger partial charge in [-0.25, -0.2) is 23.0 Å². The molecule has 3 amide bonds. The zero-order chi connectivity index (χ0) is 31.2. The van der Waals surface area contributed by atoms with Gasteiger partial charge >= 0.3 is 12.1 Å². The van der Waals surface area contributed by atoms with Crippen LogP contribution in [0.5, 0.6) is 0 Å². The number of amides is 3. The monoisotopic (exact) mass is 635 g/mol. The summed E-state index contributed by atoms with van der Waals surface area (Å²) in [4.78, 5) is 48.1. The lowest BCUT2D eigenvalue weighted by atomic mass is 10.0. The number of anilines is 1. The van der Waals surface area contributed by atoms with Gasteiger partial charge in [-0.3, -0.25) is 14.3 Å². The van der Waals surface area contributed by atoms with E-state index in [4.69, 9.17) is 11.6 Å². The molecule has 0 bridgehead atoms. The van der Waals surface area contributed by atoms with E-state index in [2.05, 4.69) is 4.98 Å². The lowest BCUT2D eigenvalue weighted by Crippen LogP contribution is -2.56. The summed E-state index contributed by atoms with van der Waals surface area (Å²) in [6.45, 7) is 2.69. The lowest BCUT2D eigenvalue weighted by Gasteiger charge is -2.39. The number of carboxylic acid groups (broad SMARTS) is 1. The minimum Gasteiger partial charge on any atom is -0.465 e. The number of imidazole rings is 1. The van der Waals surface area contributed by atoms with Gasteiger partial charge in [0.05, 0.1) is 29.1 Å². The first-order chi connectivity index (χ1) is 21.0. The summed E-state index contributed by atoms with van der Waals surface area (Å²) in [5.74, 6) is -0.739. The Balaban J connectivity index is 1.26. The zero-order valence-electron chi connectivity index (χ0n) is 23.8. The number of rotatable bonds is 7. The highest BCUT2D eigenvalue weighted by atomic mass is 35.5. The Morgan fingerprint density at radius 2 is 1.73 bits per heavy atom. The number of fused-ring (bicyclic) bond motifs is 2. The Labute approximate surface area is 259 Å². The van der Waals surface area contributed by atoms with E-state index in [0.29, 0.717) is 35.6 Å². The molecule has 2 aliphatic heterocycles. The van der Waals surface area contributed by atoms with E-state index in [-0.39, 0.29) is 35.7 Å². The number of aryl methyl sites for hydroxylation is 1. The van der Waals surface area contributed by atoms with Crippen LogP contribution in [0.4, 0.5) is 15.3 Å². The fourth-order valence-corrected chi connectivity index (χ4v) is 7.75. The first-order valence-electron chi connectivity index (χ1n) is 14.2. The minimum absolute atomic E-state index is 0.0246. The number of para-hydroxylation sites is 1. The summed E-state index contributed by atoms with van der Waals surface area (Å²) in [6, 6.07) is 15.9. The maximum absolute atomic E-state index is 14.1. The zero-order valence-corrected chi connectivity index (χ0v) is 25.4. The van der Waals surface area contributed by atoms with Gasteiger partial charge < -0.3 is 14.9 Å². The summed E-state index contributed by atoms with van der Waals surface area (Å²) in [5, 5.41) is 12.2. The Kier molecular flexibility index (Phi) is 7.80. The number of sulfone groups is 1. The van der Waals surface area contributed by atoms with Gasteiger partial charge in [0, 0.05) is 29.8 Å². The van der Waals surface area contributed by atoms with Crippen molar-refractivity contribution in [1.82, 2.24) is 19.4 Å². The molecule has 228 valence electrons. The summed E-state index contributed by atoms with van der Waals surface area (Å²) in [7, 11) is -4.14. The van der Waals surface area contributed by atoms with Crippen molar-refractivity contribution >= 4 is 55.9 Å². The van der Waals surface area contributed by atoms with Crippen molar-refractivity contribution in [3.05, 3.63) is 89.5 Å². The number of carbonyl (C=O) groups is 3. The first kappa shape index (κ1) is 29.6. The van der Waals surface area contributed by atoms with Gasteiger partial charge in [0.15, 0.2) is 9.84 Å². The third kappa shape index (κ3) is 5.50. The van der Waals surface area contributed by atoms with E-state index in [1.807, 2.05) is 0 Å². The maximum Gasteiger partial charge on any atom is 0.412 e. The molecule has 0 spiro atoms. The molecule has 0 aliphatic carbocycles. The molecule has 2 aliphatic rings. The van der Waals surface area contributed by atoms with Crippen molar-refractivity contribution in [3.63, 3.8) is 0 Å². The molecule has 0 saturated carbocycles. The van der Waals surface area contributed by atoms with Crippen LogP contribution in [-0.2, 0) is 21.2 Å². The van der Waals surface area contributed by atoms with Crippen LogP contribution in [0, 0.1) is 6.92 Å². The number of likely N-dealkylation sites (tertiary alicyclic amines) is 1. The number of aromatic nitrogens is 2. The molecule has 0 radical (unpaired) electrons. The van der Waals surface area contributed by atoms with Gasteiger partial charge in [-0.2, -0.15) is 0 Å². The quantitative estimate of drug-likeness (QED) is 0.308. The first-order valence-corrected chi connectivity index (χ1v) is 16.2. The molecule has 1 aromatic heterocycles. The van der Waals surface area contributed by atoms with Crippen LogP contribution < -0.4 is 4.90 Å². The highest BCUT2D eigenvalue weighted by Gasteiger charge is 2.41. The highest BCUT2D eigenvalue weighted by molar-refractivity contribution is 7.91. The van der Waals surface area contributed by atoms with E-state index in [0.717, 1.165) is 16.0 Å². The van der Waals surface area contributed by atoms with Crippen molar-refractivity contribution in [2.75, 3.05) is 23.7 Å². The molecular formula is C31H30ClN5O6S. The van der Waals surface area contributed by atoms with Crippen molar-refractivity contribution in [3.8, 4) is 0 Å². The van der Waals surface area contributed by atoms with Crippen molar-refractivity contribution in [2.24, 2.45) is 0 Å². The van der Waals surface area contributed by atoms with Gasteiger partial charge in [0.25, 0.3) is 0 Å². The van der Waals surface area contributed by atoms with E-state index in [9.17, 15) is 27.9 Å². The Hall–Kier alpha value is -4.42. The standard InChI is InChI=1S/C31H30ClN5O6S/c1-20-33-17-26-18-35(30(39)36(20)26)24-11-13-34(14-12-24)29(38)28(37(31(40)41)25-5-3-2-4-6-25)19-44(42,43)27-10-8-21-15-23(32)9-7-22(21)16-27/h2-10,15-17,24,28H,11-14,18-19H2,1H3,(H,40,41)/t28-/m1/s1. The van der Waals surface area contributed by atoms with E-state index in [1.165, 1.54) is 29.2 Å². The molecule has 0 unspecified atom stereocenters. The molecule has 13 heteroatoms. The lowest BCUT2D eigenvalue weighted by molar-refractivity contribution is -0.133. The molecule has 6 rings (SSSR count). The van der Waals surface area contributed by atoms with Crippen LogP contribution in [0.25, 0.3) is 10.8 Å². The SMILES string of the molecule is Cc1ncc2n1C(=O)N(C1CCN(C(=O)[C@@H](CS(=O)(=O)c3ccc4cc(Cl)ccc4c3)N(C(=O)O)c3ccccc3)CC1)C2. The van der Waals surface area contributed by atoms with Crippen molar-refractivity contribution in [2.45, 2.75) is 43.3 Å². The number of carbonyl (C=O) groups excluding carboxylic acids is 2. The molecular weight excluding hydrogens is 606 g/mol. The van der Waals surface area contributed by atoms with Gasteiger partial charge in [-0.15, -0.1) is 0 Å². The van der Waals surface area contributed by atoms with E-state index < -0.39 is 33.6 Å². The smallest absolute Gasteiger partial charge is 0.412 e. The fourth-order valence-electron chi connectivity index (χ4n) is 6.09. The Morgan fingerprint density at radius 1 is 1.05 bits per heavy atom. The van der Waals surface area contributed by atoms with Gasteiger partial charge in [0.1, 0.15) is 11.9 Å². The van der Waals surface area contributed by atoms with Crippen LogP contribution >= 0.6 is 11.6 Å². The van der Waals surface area contributed by atoms with Crippen LogP contribution in [0.2, 0.25) is 5.02 Å². The second kappa shape index (κ2) is 11.6. The molecule has 1 N–H and O–H groups in total. The molecule has 4 aromatic rings. The number of halogens is 1.